The van der Waals surface area contributed by atoms with Crippen molar-refractivity contribution >= 4 is 23.9 Å². The number of methoxy groups -OCH3 is 1. The summed E-state index contributed by atoms with van der Waals surface area (Å²) >= 11 is 0. The van der Waals surface area contributed by atoms with Gasteiger partial charge in [-0.25, -0.2) is 9.59 Å². The van der Waals surface area contributed by atoms with Gasteiger partial charge in [0, 0.05) is 12.2 Å². The van der Waals surface area contributed by atoms with Gasteiger partial charge in [-0.05, 0) is 20.8 Å². The zero-order valence-electron chi connectivity index (χ0n) is 12.3. The molecule has 0 radical (unpaired) electrons. The average molecular weight is 298 g/mol. The molecule has 0 saturated heterocycles. The lowest BCUT2D eigenvalue weighted by Gasteiger charge is -2.25. The van der Waals surface area contributed by atoms with Crippen LogP contribution in [0, 0.1) is 0 Å². The molecule has 1 heterocycles. The molecule has 0 saturated carbocycles. The Balaban J connectivity index is 2.73. The first-order valence-corrected chi connectivity index (χ1v) is 6.25. The van der Waals surface area contributed by atoms with Crippen LogP contribution in [0.4, 0.5) is 4.79 Å². The van der Waals surface area contributed by atoms with Gasteiger partial charge >= 0.3 is 12.1 Å². The second-order valence-corrected chi connectivity index (χ2v) is 5.30. The number of carbonyl (C=O) groups is 4. The summed E-state index contributed by atoms with van der Waals surface area (Å²) in [7, 11) is 1.13. The molecule has 1 rings (SSSR count). The molecule has 0 aromatic carbocycles. The molecule has 0 fully saturated rings. The third kappa shape index (κ3) is 4.59. The molecule has 0 aromatic heterocycles. The van der Waals surface area contributed by atoms with Gasteiger partial charge < -0.3 is 14.8 Å². The van der Waals surface area contributed by atoms with E-state index in [1.54, 1.807) is 20.8 Å². The first-order valence-electron chi connectivity index (χ1n) is 6.25. The molecule has 0 aliphatic carbocycles. The highest BCUT2D eigenvalue weighted by molar-refractivity contribution is 6.14. The van der Waals surface area contributed by atoms with E-state index in [9.17, 15) is 19.2 Å². The number of nitrogens with one attached hydrogen (secondary N) is 1. The van der Waals surface area contributed by atoms with E-state index in [0.29, 0.717) is 0 Å². The van der Waals surface area contributed by atoms with Crippen molar-refractivity contribution in [1.29, 1.82) is 0 Å². The van der Waals surface area contributed by atoms with E-state index < -0.39 is 35.5 Å². The van der Waals surface area contributed by atoms with Crippen molar-refractivity contribution in [3.63, 3.8) is 0 Å². The van der Waals surface area contributed by atoms with Gasteiger partial charge in [0.05, 0.1) is 13.7 Å². The first-order chi connectivity index (χ1) is 9.65. The predicted octanol–water partition coefficient (Wildman–Crippen LogP) is -0.0223. The molecule has 1 aliphatic rings. The van der Waals surface area contributed by atoms with Gasteiger partial charge in [0.15, 0.2) is 6.04 Å². The van der Waals surface area contributed by atoms with Crippen LogP contribution >= 0.6 is 0 Å². The van der Waals surface area contributed by atoms with Crippen LogP contribution in [0.1, 0.15) is 20.8 Å². The molecule has 0 spiro atoms. The van der Waals surface area contributed by atoms with Gasteiger partial charge in [-0.1, -0.05) is 0 Å². The largest absolute Gasteiger partial charge is 0.467 e. The Kier molecular flexibility index (Phi) is 5.07. The number of nitrogens with zero attached hydrogens (tertiary/aromatic N) is 1. The quantitative estimate of drug-likeness (QED) is 0.578. The minimum Gasteiger partial charge on any atom is -0.467 e. The Morgan fingerprint density at radius 2 is 1.76 bits per heavy atom. The van der Waals surface area contributed by atoms with E-state index >= 15 is 0 Å². The number of imide groups is 1. The number of carbonyl (C=O) groups excluding carboxylic acids is 4. The summed E-state index contributed by atoms with van der Waals surface area (Å²) in [5, 5.41) is 2.34. The molecular weight excluding hydrogens is 280 g/mol. The fraction of sp³-hybridized carbons (Fsp3) is 0.538. The summed E-state index contributed by atoms with van der Waals surface area (Å²) in [5.74, 6) is -2.08. The smallest absolute Gasteiger partial charge is 0.407 e. The summed E-state index contributed by atoms with van der Waals surface area (Å²) in [6, 6.07) is -1.24. The van der Waals surface area contributed by atoms with Gasteiger partial charge in [-0.15, -0.1) is 0 Å². The standard InChI is InChI=1S/C13H18N2O6/c1-13(2,3)21-12(19)14-7-8(11(18)20-4)15-9(16)5-6-10(15)17/h5-6,8H,7H2,1-4H3,(H,14,19)/t8-/m0/s1. The van der Waals surface area contributed by atoms with Gasteiger partial charge in [0.25, 0.3) is 11.8 Å². The monoisotopic (exact) mass is 298 g/mol. The lowest BCUT2D eigenvalue weighted by atomic mass is 10.2. The Morgan fingerprint density at radius 1 is 1.24 bits per heavy atom. The van der Waals surface area contributed by atoms with Crippen molar-refractivity contribution < 1.29 is 28.7 Å². The number of hydrogen-bond acceptors (Lipinski definition) is 6. The molecule has 0 unspecified atom stereocenters. The second kappa shape index (κ2) is 6.38. The van der Waals surface area contributed by atoms with E-state index in [2.05, 4.69) is 10.1 Å². The van der Waals surface area contributed by atoms with Crippen molar-refractivity contribution in [2.45, 2.75) is 32.4 Å². The maximum atomic E-state index is 11.7. The van der Waals surface area contributed by atoms with Gasteiger partial charge in [0.2, 0.25) is 0 Å². The average Bonchev–Trinajstić information content (AvgIpc) is 2.68. The van der Waals surface area contributed by atoms with Gasteiger partial charge in [-0.3, -0.25) is 14.5 Å². The number of amides is 3. The summed E-state index contributed by atoms with van der Waals surface area (Å²) < 4.78 is 9.56. The molecule has 1 aliphatic heterocycles. The van der Waals surface area contributed by atoms with Crippen LogP contribution in [0.5, 0.6) is 0 Å². The Morgan fingerprint density at radius 3 is 2.19 bits per heavy atom. The minimum atomic E-state index is -1.24. The van der Waals surface area contributed by atoms with Crippen LogP contribution in [-0.2, 0) is 23.9 Å². The Hall–Kier alpha value is -2.38. The molecule has 116 valence electrons. The van der Waals surface area contributed by atoms with Crippen LogP contribution in [0.25, 0.3) is 0 Å². The third-order valence-electron chi connectivity index (χ3n) is 2.47. The van der Waals surface area contributed by atoms with E-state index in [-0.39, 0.29) is 6.54 Å². The van der Waals surface area contributed by atoms with Crippen LogP contribution in [-0.4, -0.2) is 54.1 Å². The lowest BCUT2D eigenvalue weighted by molar-refractivity contribution is -0.155. The summed E-state index contributed by atoms with van der Waals surface area (Å²) in [4.78, 5) is 47.2. The lowest BCUT2D eigenvalue weighted by Crippen LogP contribution is -2.52. The highest BCUT2D eigenvalue weighted by Gasteiger charge is 2.37. The van der Waals surface area contributed by atoms with Crippen molar-refractivity contribution in [3.8, 4) is 0 Å². The van der Waals surface area contributed by atoms with Crippen LogP contribution in [0.15, 0.2) is 12.2 Å². The van der Waals surface area contributed by atoms with E-state index in [1.807, 2.05) is 0 Å². The van der Waals surface area contributed by atoms with Gasteiger partial charge in [-0.2, -0.15) is 0 Å². The zero-order chi connectivity index (χ0) is 16.2. The summed E-state index contributed by atoms with van der Waals surface area (Å²) in [5.41, 5.74) is -0.703. The van der Waals surface area contributed by atoms with Crippen molar-refractivity contribution in [3.05, 3.63) is 12.2 Å². The predicted molar refractivity (Wildman–Crippen MR) is 71.0 cm³/mol. The van der Waals surface area contributed by atoms with E-state index in [1.165, 1.54) is 0 Å². The number of rotatable bonds is 4. The molecule has 1 N–H and O–H groups in total. The topological polar surface area (TPSA) is 102 Å². The maximum absolute atomic E-state index is 11.7. The Labute approximate surface area is 122 Å². The molecule has 8 nitrogen and oxygen atoms in total. The molecule has 0 aromatic rings. The van der Waals surface area contributed by atoms with Crippen LogP contribution in [0.2, 0.25) is 0 Å². The summed E-state index contributed by atoms with van der Waals surface area (Å²) in [6.45, 7) is 4.76. The first kappa shape index (κ1) is 16.7. The number of ether oxygens (including phenoxy) is 2. The molecule has 3 amide bonds. The molecule has 0 bridgehead atoms. The molecule has 1 atom stereocenters. The van der Waals surface area contributed by atoms with Crippen LogP contribution < -0.4 is 5.32 Å². The zero-order valence-corrected chi connectivity index (χ0v) is 12.3. The van der Waals surface area contributed by atoms with Crippen molar-refractivity contribution in [2.24, 2.45) is 0 Å². The number of alkyl carbamates (subject to hydrolysis) is 1. The molecule has 21 heavy (non-hydrogen) atoms. The highest BCUT2D eigenvalue weighted by Crippen LogP contribution is 2.11. The number of hydrogen-bond donors (Lipinski definition) is 1. The van der Waals surface area contributed by atoms with Crippen molar-refractivity contribution in [1.82, 2.24) is 10.2 Å². The fourth-order valence-electron chi connectivity index (χ4n) is 1.63. The second-order valence-electron chi connectivity index (χ2n) is 5.30. The third-order valence-corrected chi connectivity index (χ3v) is 2.47. The summed E-state index contributed by atoms with van der Waals surface area (Å²) in [6.07, 6.45) is 1.33. The normalized spacial score (nSPS) is 15.9. The Bertz CT molecular complexity index is 473. The fourth-order valence-corrected chi connectivity index (χ4v) is 1.63. The minimum absolute atomic E-state index is 0.291. The van der Waals surface area contributed by atoms with Crippen molar-refractivity contribution in [2.75, 3.05) is 13.7 Å². The highest BCUT2D eigenvalue weighted by atomic mass is 16.6. The number of esters is 1. The van der Waals surface area contributed by atoms with Gasteiger partial charge in [0.1, 0.15) is 5.60 Å². The SMILES string of the molecule is COC(=O)[C@H](CNC(=O)OC(C)(C)C)N1C(=O)C=CC1=O. The maximum Gasteiger partial charge on any atom is 0.407 e. The molecular formula is C13H18N2O6. The van der Waals surface area contributed by atoms with E-state index in [4.69, 9.17) is 4.74 Å². The van der Waals surface area contributed by atoms with E-state index in [0.717, 1.165) is 24.2 Å². The van der Waals surface area contributed by atoms with Crippen LogP contribution in [0.3, 0.4) is 0 Å². The molecule has 8 heteroatoms.